The summed E-state index contributed by atoms with van der Waals surface area (Å²) in [5, 5.41) is 5.13. The molecule has 0 radical (unpaired) electrons. The second-order valence-corrected chi connectivity index (χ2v) is 9.89. The maximum absolute atomic E-state index is 13.1. The van der Waals surface area contributed by atoms with Crippen LogP contribution in [0.25, 0.3) is 0 Å². The number of hydrogen-bond donors (Lipinski definition) is 1. The molecule has 0 atom stereocenters. The van der Waals surface area contributed by atoms with Crippen LogP contribution in [0.5, 0.6) is 0 Å². The van der Waals surface area contributed by atoms with Crippen LogP contribution in [0, 0.1) is 17.7 Å². The third kappa shape index (κ3) is 6.01. The zero-order valence-electron chi connectivity index (χ0n) is 17.9. The number of ketones is 1. The molecule has 1 aliphatic carbocycles. The van der Waals surface area contributed by atoms with E-state index in [1.54, 1.807) is 12.1 Å². The Kier molecular flexibility index (Phi) is 7.51. The van der Waals surface area contributed by atoms with Crippen molar-refractivity contribution < 1.29 is 14.0 Å². The number of nitrogens with one attached hydrogen (secondary N) is 1. The topological polar surface area (TPSA) is 49.4 Å². The van der Waals surface area contributed by atoms with Gasteiger partial charge in [-0.05, 0) is 106 Å². The van der Waals surface area contributed by atoms with Crippen LogP contribution < -0.4 is 5.32 Å². The van der Waals surface area contributed by atoms with Gasteiger partial charge in [-0.25, -0.2) is 4.39 Å². The van der Waals surface area contributed by atoms with Crippen molar-refractivity contribution in [2.45, 2.75) is 51.0 Å². The molecule has 1 N–H and O–H groups in total. The quantitative estimate of drug-likeness (QED) is 0.603. The average molecular weight is 443 g/mol. The van der Waals surface area contributed by atoms with Crippen LogP contribution in [0.3, 0.4) is 0 Å². The lowest BCUT2D eigenvalue weighted by Gasteiger charge is -2.34. The Morgan fingerprint density at radius 3 is 2.35 bits per heavy atom. The number of thiophene rings is 1. The summed E-state index contributed by atoms with van der Waals surface area (Å²) in [5.74, 6) is 0.710. The molecule has 166 valence electrons. The highest BCUT2D eigenvalue weighted by molar-refractivity contribution is 7.12. The molecule has 1 saturated carbocycles. The van der Waals surface area contributed by atoms with E-state index in [0.29, 0.717) is 11.6 Å². The minimum atomic E-state index is -0.301. The molecule has 1 aliphatic heterocycles. The number of rotatable bonds is 7. The number of hydrogen-bond acceptors (Lipinski definition) is 4. The second kappa shape index (κ2) is 10.5. The standard InChI is InChI=1S/C25H31FN2O2S/c26-21-7-5-19(6-8-21)24(29)20-12-15-28(16-13-20)14-11-18-3-9-22(10-4-18)27-25(30)23-2-1-17-31-23/h1-2,5-8,17-18,20,22H,3-4,9-16H2,(H,27,30). The summed E-state index contributed by atoms with van der Waals surface area (Å²) < 4.78 is 13.1. The summed E-state index contributed by atoms with van der Waals surface area (Å²) in [6, 6.07) is 10.0. The van der Waals surface area contributed by atoms with Crippen LogP contribution in [0.1, 0.15) is 65.0 Å². The van der Waals surface area contributed by atoms with Crippen LogP contribution in [0.15, 0.2) is 41.8 Å². The summed E-state index contributed by atoms with van der Waals surface area (Å²) in [6.45, 7) is 3.02. The Hall–Kier alpha value is -2.05. The highest BCUT2D eigenvalue weighted by atomic mass is 32.1. The van der Waals surface area contributed by atoms with Crippen molar-refractivity contribution in [2.75, 3.05) is 19.6 Å². The molecule has 2 aliphatic rings. The van der Waals surface area contributed by atoms with Crippen molar-refractivity contribution in [2.24, 2.45) is 11.8 Å². The molecule has 4 rings (SSSR count). The van der Waals surface area contributed by atoms with Gasteiger partial charge in [0.1, 0.15) is 5.82 Å². The van der Waals surface area contributed by atoms with Gasteiger partial charge in [-0.2, -0.15) is 0 Å². The SMILES string of the molecule is O=C(NC1CCC(CCN2CCC(C(=O)c3ccc(F)cc3)CC2)CC1)c1cccs1. The van der Waals surface area contributed by atoms with E-state index in [1.165, 1.54) is 42.7 Å². The molecular weight excluding hydrogens is 411 g/mol. The number of likely N-dealkylation sites (tertiary alicyclic amines) is 1. The zero-order chi connectivity index (χ0) is 21.6. The van der Waals surface area contributed by atoms with E-state index in [-0.39, 0.29) is 23.4 Å². The first-order valence-corrected chi connectivity index (χ1v) is 12.3. The Morgan fingerprint density at radius 2 is 1.71 bits per heavy atom. The van der Waals surface area contributed by atoms with Crippen LogP contribution in [0.2, 0.25) is 0 Å². The zero-order valence-corrected chi connectivity index (χ0v) is 18.7. The maximum atomic E-state index is 13.1. The molecule has 2 heterocycles. The van der Waals surface area contributed by atoms with Crippen LogP contribution in [-0.2, 0) is 0 Å². The van der Waals surface area contributed by atoms with E-state index in [1.807, 2.05) is 17.5 Å². The molecule has 0 bridgehead atoms. The van der Waals surface area contributed by atoms with Gasteiger partial charge in [0.25, 0.3) is 5.91 Å². The van der Waals surface area contributed by atoms with Gasteiger partial charge < -0.3 is 10.2 Å². The van der Waals surface area contributed by atoms with Crippen LogP contribution in [-0.4, -0.2) is 42.3 Å². The number of halogens is 1. The molecule has 1 aromatic heterocycles. The minimum absolute atomic E-state index is 0.0594. The summed E-state index contributed by atoms with van der Waals surface area (Å²) in [6.07, 6.45) is 7.45. The van der Waals surface area contributed by atoms with Crippen molar-refractivity contribution in [3.8, 4) is 0 Å². The van der Waals surface area contributed by atoms with Crippen molar-refractivity contribution in [3.05, 3.63) is 58.0 Å². The Labute approximate surface area is 187 Å². The normalized spacial score (nSPS) is 22.9. The monoisotopic (exact) mass is 442 g/mol. The molecule has 2 aromatic rings. The highest BCUT2D eigenvalue weighted by Gasteiger charge is 2.27. The van der Waals surface area contributed by atoms with Crippen molar-refractivity contribution in [1.82, 2.24) is 10.2 Å². The smallest absolute Gasteiger partial charge is 0.261 e. The van der Waals surface area contributed by atoms with E-state index in [2.05, 4.69) is 10.2 Å². The third-order valence-corrected chi connectivity index (χ3v) is 7.74. The lowest BCUT2D eigenvalue weighted by atomic mass is 9.83. The predicted molar refractivity (Wildman–Crippen MR) is 122 cm³/mol. The average Bonchev–Trinajstić information content (AvgIpc) is 3.34. The number of carbonyl (C=O) groups excluding carboxylic acids is 2. The van der Waals surface area contributed by atoms with Gasteiger partial charge >= 0.3 is 0 Å². The molecule has 0 spiro atoms. The molecule has 0 unspecified atom stereocenters. The summed E-state index contributed by atoms with van der Waals surface area (Å²) in [5.41, 5.74) is 0.628. The van der Waals surface area contributed by atoms with Gasteiger partial charge in [0.15, 0.2) is 5.78 Å². The largest absolute Gasteiger partial charge is 0.349 e. The molecule has 1 saturated heterocycles. The highest BCUT2D eigenvalue weighted by Crippen LogP contribution is 2.29. The number of nitrogens with zero attached hydrogens (tertiary/aromatic N) is 1. The fourth-order valence-corrected chi connectivity index (χ4v) is 5.52. The van der Waals surface area contributed by atoms with E-state index < -0.39 is 0 Å². The first-order chi connectivity index (χ1) is 15.1. The lowest BCUT2D eigenvalue weighted by Crippen LogP contribution is -2.39. The molecule has 4 nitrogen and oxygen atoms in total. The molecule has 6 heteroatoms. The number of piperidine rings is 1. The number of carbonyl (C=O) groups is 2. The molecule has 31 heavy (non-hydrogen) atoms. The predicted octanol–water partition coefficient (Wildman–Crippen LogP) is 5.16. The summed E-state index contributed by atoms with van der Waals surface area (Å²) in [7, 11) is 0. The Balaban J connectivity index is 1.13. The fourth-order valence-electron chi connectivity index (χ4n) is 4.89. The van der Waals surface area contributed by atoms with Crippen molar-refractivity contribution >= 4 is 23.0 Å². The lowest BCUT2D eigenvalue weighted by molar-refractivity contribution is 0.0832. The molecular formula is C25H31FN2O2S. The Morgan fingerprint density at radius 1 is 1.00 bits per heavy atom. The Bertz CT molecular complexity index is 852. The van der Waals surface area contributed by atoms with E-state index in [4.69, 9.17) is 0 Å². The second-order valence-electron chi connectivity index (χ2n) is 8.94. The first-order valence-electron chi connectivity index (χ1n) is 11.4. The summed E-state index contributed by atoms with van der Waals surface area (Å²) in [4.78, 5) is 28.1. The number of amides is 1. The van der Waals surface area contributed by atoms with E-state index in [0.717, 1.165) is 56.1 Å². The molecule has 1 amide bonds. The van der Waals surface area contributed by atoms with Crippen molar-refractivity contribution in [3.63, 3.8) is 0 Å². The van der Waals surface area contributed by atoms with Crippen LogP contribution >= 0.6 is 11.3 Å². The van der Waals surface area contributed by atoms with Gasteiger partial charge in [0, 0.05) is 17.5 Å². The minimum Gasteiger partial charge on any atom is -0.349 e. The van der Waals surface area contributed by atoms with E-state index in [9.17, 15) is 14.0 Å². The molecule has 2 fully saturated rings. The van der Waals surface area contributed by atoms with Crippen LogP contribution in [0.4, 0.5) is 4.39 Å². The number of Topliss-reactive ketones (excluding diaryl/α,β-unsaturated/α-hetero) is 1. The van der Waals surface area contributed by atoms with Gasteiger partial charge in [-0.15, -0.1) is 11.3 Å². The van der Waals surface area contributed by atoms with Gasteiger partial charge in [0.05, 0.1) is 4.88 Å². The fraction of sp³-hybridized carbons (Fsp3) is 0.520. The molecule has 1 aromatic carbocycles. The van der Waals surface area contributed by atoms with Gasteiger partial charge in [-0.3, -0.25) is 9.59 Å². The summed E-state index contributed by atoms with van der Waals surface area (Å²) >= 11 is 1.49. The maximum Gasteiger partial charge on any atom is 0.261 e. The number of benzene rings is 1. The van der Waals surface area contributed by atoms with Gasteiger partial charge in [0.2, 0.25) is 0 Å². The third-order valence-electron chi connectivity index (χ3n) is 6.87. The first kappa shape index (κ1) is 22.2. The van der Waals surface area contributed by atoms with Gasteiger partial charge in [-0.1, -0.05) is 6.07 Å². The van der Waals surface area contributed by atoms with E-state index >= 15 is 0 Å². The van der Waals surface area contributed by atoms with Crippen molar-refractivity contribution in [1.29, 1.82) is 0 Å².